The summed E-state index contributed by atoms with van der Waals surface area (Å²) in [5.74, 6) is -0.00926. The van der Waals surface area contributed by atoms with E-state index in [1.807, 2.05) is 0 Å². The molecule has 1 fully saturated rings. The zero-order chi connectivity index (χ0) is 8.39. The van der Waals surface area contributed by atoms with Crippen molar-refractivity contribution in [3.05, 3.63) is 18.7 Å². The minimum absolute atomic E-state index is 0.00926. The third-order valence-electron chi connectivity index (χ3n) is 1.96. The average molecular weight is 166 g/mol. The summed E-state index contributed by atoms with van der Waals surface area (Å²) >= 11 is 0. The lowest BCUT2D eigenvalue weighted by Crippen LogP contribution is -2.24. The topological polar surface area (TPSA) is 44.1 Å². The zero-order valence-electron chi connectivity index (χ0n) is 6.64. The van der Waals surface area contributed by atoms with Gasteiger partial charge in [-0.05, 0) is 12.8 Å². The van der Waals surface area contributed by atoms with E-state index >= 15 is 0 Å². The quantitative estimate of drug-likeness (QED) is 0.617. The molecule has 4 heteroatoms. The van der Waals surface area contributed by atoms with Crippen LogP contribution in [-0.2, 0) is 4.74 Å². The molecule has 1 aliphatic rings. The molecule has 2 heterocycles. The predicted octanol–water partition coefficient (Wildman–Crippen LogP) is 0.702. The van der Waals surface area contributed by atoms with E-state index in [-0.39, 0.29) is 12.0 Å². The summed E-state index contributed by atoms with van der Waals surface area (Å²) in [6, 6.07) is 0. The zero-order valence-corrected chi connectivity index (χ0v) is 6.64. The maximum atomic E-state index is 11.5. The van der Waals surface area contributed by atoms with Crippen LogP contribution >= 0.6 is 0 Å². The third-order valence-corrected chi connectivity index (χ3v) is 1.96. The third kappa shape index (κ3) is 1.25. The normalized spacial score (nSPS) is 22.8. The van der Waals surface area contributed by atoms with Crippen molar-refractivity contribution in [1.82, 2.24) is 9.55 Å². The highest BCUT2D eigenvalue weighted by atomic mass is 16.5. The van der Waals surface area contributed by atoms with Crippen LogP contribution in [0.1, 0.15) is 17.6 Å². The van der Waals surface area contributed by atoms with Crippen molar-refractivity contribution in [2.75, 3.05) is 6.61 Å². The van der Waals surface area contributed by atoms with Gasteiger partial charge in [0, 0.05) is 19.0 Å². The molecule has 0 radical (unpaired) electrons. The molecule has 0 aromatic carbocycles. The number of aromatic nitrogens is 2. The van der Waals surface area contributed by atoms with E-state index in [0.717, 1.165) is 12.8 Å². The molecule has 0 bridgehead atoms. The molecular weight excluding hydrogens is 156 g/mol. The summed E-state index contributed by atoms with van der Waals surface area (Å²) in [7, 11) is 0. The van der Waals surface area contributed by atoms with Crippen LogP contribution < -0.4 is 0 Å². The molecule has 12 heavy (non-hydrogen) atoms. The molecule has 4 nitrogen and oxygen atoms in total. The van der Waals surface area contributed by atoms with Crippen molar-refractivity contribution in [1.29, 1.82) is 0 Å². The Morgan fingerprint density at radius 2 is 2.58 bits per heavy atom. The molecule has 0 spiro atoms. The summed E-state index contributed by atoms with van der Waals surface area (Å²) in [6.45, 7) is 0.700. The first-order valence-corrected chi connectivity index (χ1v) is 4.02. The van der Waals surface area contributed by atoms with Crippen molar-refractivity contribution in [3.8, 4) is 0 Å². The van der Waals surface area contributed by atoms with Crippen molar-refractivity contribution >= 4 is 5.91 Å². The minimum atomic E-state index is -0.251. The Labute approximate surface area is 70.2 Å². The van der Waals surface area contributed by atoms with E-state index in [2.05, 4.69) is 4.98 Å². The van der Waals surface area contributed by atoms with Crippen molar-refractivity contribution in [2.24, 2.45) is 0 Å². The summed E-state index contributed by atoms with van der Waals surface area (Å²) in [5.41, 5.74) is 0. The van der Waals surface area contributed by atoms with Gasteiger partial charge in [-0.2, -0.15) is 0 Å². The highest BCUT2D eigenvalue weighted by Crippen LogP contribution is 2.13. The van der Waals surface area contributed by atoms with Gasteiger partial charge in [-0.15, -0.1) is 0 Å². The van der Waals surface area contributed by atoms with Crippen molar-refractivity contribution in [3.63, 3.8) is 0 Å². The number of nitrogens with zero attached hydrogens (tertiary/aromatic N) is 2. The van der Waals surface area contributed by atoms with E-state index in [9.17, 15) is 4.79 Å². The Balaban J connectivity index is 2.09. The lowest BCUT2D eigenvalue weighted by Gasteiger charge is -2.06. The Hall–Kier alpha value is -1.16. The molecule has 2 rings (SSSR count). The van der Waals surface area contributed by atoms with Gasteiger partial charge < -0.3 is 4.74 Å². The van der Waals surface area contributed by atoms with Gasteiger partial charge in [0.1, 0.15) is 12.4 Å². The Morgan fingerprint density at radius 1 is 1.67 bits per heavy atom. The van der Waals surface area contributed by atoms with Crippen LogP contribution in [0.5, 0.6) is 0 Å². The molecule has 1 aromatic heterocycles. The Kier molecular flexibility index (Phi) is 1.91. The summed E-state index contributed by atoms with van der Waals surface area (Å²) < 4.78 is 6.71. The number of ether oxygens (including phenoxy) is 1. The second-order valence-electron chi connectivity index (χ2n) is 2.81. The first-order chi connectivity index (χ1) is 5.88. The molecule has 0 unspecified atom stereocenters. The number of hydrogen-bond donors (Lipinski definition) is 0. The van der Waals surface area contributed by atoms with E-state index in [1.165, 1.54) is 10.9 Å². The molecule has 64 valence electrons. The van der Waals surface area contributed by atoms with Crippen LogP contribution in [0.15, 0.2) is 18.7 Å². The van der Waals surface area contributed by atoms with Crippen LogP contribution in [0.25, 0.3) is 0 Å². The van der Waals surface area contributed by atoms with Crippen molar-refractivity contribution < 1.29 is 9.53 Å². The fourth-order valence-electron chi connectivity index (χ4n) is 1.33. The van der Waals surface area contributed by atoms with Crippen molar-refractivity contribution in [2.45, 2.75) is 18.9 Å². The van der Waals surface area contributed by atoms with Gasteiger partial charge in [0.15, 0.2) is 0 Å². The number of carbonyl (C=O) groups excluding carboxylic acids is 1. The second kappa shape index (κ2) is 3.06. The predicted molar refractivity (Wildman–Crippen MR) is 41.8 cm³/mol. The standard InChI is InChI=1S/C8H10N2O2/c11-8(7-2-1-5-12-7)10-4-3-9-6-10/h3-4,6-7H,1-2,5H2/t7-/m0/s1. The van der Waals surface area contributed by atoms with Gasteiger partial charge in [0.25, 0.3) is 5.91 Å². The van der Waals surface area contributed by atoms with Gasteiger partial charge in [-0.3, -0.25) is 9.36 Å². The molecular formula is C8H10N2O2. The largest absolute Gasteiger partial charge is 0.368 e. The first kappa shape index (κ1) is 7.49. The maximum absolute atomic E-state index is 11.5. The maximum Gasteiger partial charge on any atom is 0.260 e. The molecule has 0 aliphatic carbocycles. The van der Waals surface area contributed by atoms with E-state index in [1.54, 1.807) is 12.4 Å². The van der Waals surface area contributed by atoms with Crippen LogP contribution in [-0.4, -0.2) is 28.2 Å². The first-order valence-electron chi connectivity index (χ1n) is 4.02. The number of rotatable bonds is 1. The van der Waals surface area contributed by atoms with Gasteiger partial charge in [0.2, 0.25) is 0 Å². The van der Waals surface area contributed by atoms with Crippen LogP contribution in [0.2, 0.25) is 0 Å². The summed E-state index contributed by atoms with van der Waals surface area (Å²) in [5, 5.41) is 0. The fraction of sp³-hybridized carbons (Fsp3) is 0.500. The molecule has 0 N–H and O–H groups in total. The minimum Gasteiger partial charge on any atom is -0.368 e. The molecule has 1 saturated heterocycles. The highest BCUT2D eigenvalue weighted by Gasteiger charge is 2.24. The van der Waals surface area contributed by atoms with Gasteiger partial charge in [0.05, 0.1) is 0 Å². The average Bonchev–Trinajstić information content (AvgIpc) is 2.77. The number of carbonyl (C=O) groups is 1. The summed E-state index contributed by atoms with van der Waals surface area (Å²) in [6.07, 6.45) is 6.29. The molecule has 1 atom stereocenters. The lowest BCUT2D eigenvalue weighted by molar-refractivity contribution is 0.0554. The van der Waals surface area contributed by atoms with Gasteiger partial charge in [-0.25, -0.2) is 4.98 Å². The lowest BCUT2D eigenvalue weighted by atomic mass is 10.2. The monoisotopic (exact) mass is 166 g/mol. The number of hydrogen-bond acceptors (Lipinski definition) is 3. The van der Waals surface area contributed by atoms with Crippen LogP contribution in [0.3, 0.4) is 0 Å². The smallest absolute Gasteiger partial charge is 0.260 e. The molecule has 1 aliphatic heterocycles. The molecule has 1 aromatic rings. The van der Waals surface area contributed by atoms with Crippen LogP contribution in [0.4, 0.5) is 0 Å². The SMILES string of the molecule is O=C([C@@H]1CCCO1)n1ccnc1. The second-order valence-corrected chi connectivity index (χ2v) is 2.81. The Morgan fingerprint density at radius 3 is 3.17 bits per heavy atom. The van der Waals surface area contributed by atoms with E-state index in [4.69, 9.17) is 4.74 Å². The highest BCUT2D eigenvalue weighted by molar-refractivity contribution is 5.83. The fourth-order valence-corrected chi connectivity index (χ4v) is 1.33. The Bertz CT molecular complexity index is 263. The van der Waals surface area contributed by atoms with Gasteiger partial charge >= 0.3 is 0 Å². The molecule has 0 saturated carbocycles. The van der Waals surface area contributed by atoms with Gasteiger partial charge in [-0.1, -0.05) is 0 Å². The van der Waals surface area contributed by atoms with Crippen LogP contribution in [0, 0.1) is 0 Å². The van der Waals surface area contributed by atoms with E-state index in [0.29, 0.717) is 6.61 Å². The molecule has 0 amide bonds. The van der Waals surface area contributed by atoms with E-state index < -0.39 is 0 Å². The number of imidazole rings is 1. The summed E-state index contributed by atoms with van der Waals surface area (Å²) in [4.78, 5) is 15.3.